The summed E-state index contributed by atoms with van der Waals surface area (Å²) in [6, 6.07) is 16.5. The second kappa shape index (κ2) is 7.16. The molecule has 28 heavy (non-hydrogen) atoms. The molecule has 0 bridgehead atoms. The highest BCUT2D eigenvalue weighted by Crippen LogP contribution is 2.46. The minimum Gasteiger partial charge on any atom is -0.478 e. The number of nitrogens with zero attached hydrogens (tertiary/aromatic N) is 2. The van der Waals surface area contributed by atoms with Crippen molar-refractivity contribution in [3.63, 3.8) is 0 Å². The molecule has 2 atom stereocenters. The molecule has 7 heteroatoms. The molecule has 0 saturated carbocycles. The van der Waals surface area contributed by atoms with Crippen molar-refractivity contribution in [3.05, 3.63) is 77.0 Å². The molecular formula is C21H19N3O3S. The Labute approximate surface area is 166 Å². The Bertz CT molecular complexity index is 1040. The van der Waals surface area contributed by atoms with Gasteiger partial charge in [-0.3, -0.25) is 4.79 Å². The van der Waals surface area contributed by atoms with Gasteiger partial charge in [0.15, 0.2) is 0 Å². The van der Waals surface area contributed by atoms with Gasteiger partial charge in [0, 0.05) is 5.56 Å². The molecular weight excluding hydrogens is 374 g/mol. The Kier molecular flexibility index (Phi) is 4.68. The number of thioether (sulfide) groups is 1. The summed E-state index contributed by atoms with van der Waals surface area (Å²) in [5.41, 5.74) is 3.81. The maximum Gasteiger partial charge on any atom is 0.335 e. The first-order chi connectivity index (χ1) is 13.5. The summed E-state index contributed by atoms with van der Waals surface area (Å²) in [5, 5.41) is 16.5. The van der Waals surface area contributed by atoms with Crippen LogP contribution in [0.15, 0.2) is 54.6 Å². The topological polar surface area (TPSA) is 84.2 Å². The lowest BCUT2D eigenvalue weighted by molar-refractivity contribution is -0.115. The van der Waals surface area contributed by atoms with Crippen molar-refractivity contribution in [1.82, 2.24) is 9.78 Å². The zero-order chi connectivity index (χ0) is 19.8. The third-order valence-corrected chi connectivity index (χ3v) is 6.18. The van der Waals surface area contributed by atoms with Crippen LogP contribution in [0.5, 0.6) is 0 Å². The van der Waals surface area contributed by atoms with E-state index in [0.717, 1.165) is 22.5 Å². The third-order valence-electron chi connectivity index (χ3n) is 4.78. The molecule has 2 aromatic carbocycles. The van der Waals surface area contributed by atoms with Crippen molar-refractivity contribution in [3.8, 4) is 5.69 Å². The Morgan fingerprint density at radius 3 is 2.46 bits per heavy atom. The second-order valence-corrected chi connectivity index (χ2v) is 8.12. The van der Waals surface area contributed by atoms with Gasteiger partial charge in [0.1, 0.15) is 5.82 Å². The number of carbonyl (C=O) groups is 2. The highest BCUT2D eigenvalue weighted by molar-refractivity contribution is 8.01. The van der Waals surface area contributed by atoms with Gasteiger partial charge in [-0.15, -0.1) is 11.8 Å². The van der Waals surface area contributed by atoms with Crippen LogP contribution in [0, 0.1) is 6.92 Å². The second-order valence-electron chi connectivity index (χ2n) is 6.67. The molecule has 2 unspecified atom stereocenters. The van der Waals surface area contributed by atoms with Crippen LogP contribution >= 0.6 is 11.8 Å². The zero-order valence-electron chi connectivity index (χ0n) is 15.4. The molecule has 1 aliphatic rings. The first kappa shape index (κ1) is 18.3. The van der Waals surface area contributed by atoms with E-state index in [9.17, 15) is 9.59 Å². The monoisotopic (exact) mass is 393 g/mol. The van der Waals surface area contributed by atoms with Gasteiger partial charge in [0.2, 0.25) is 5.91 Å². The predicted octanol–water partition coefficient (Wildman–Crippen LogP) is 4.04. The number of anilines is 1. The molecule has 2 N–H and O–H groups in total. The van der Waals surface area contributed by atoms with Crippen molar-refractivity contribution >= 4 is 29.5 Å². The van der Waals surface area contributed by atoms with E-state index in [1.807, 2.05) is 56.3 Å². The minimum absolute atomic E-state index is 0.0759. The number of hydrogen-bond donors (Lipinski definition) is 2. The third kappa shape index (κ3) is 3.18. The number of carboxylic acid groups (broad SMARTS) is 1. The Balaban J connectivity index is 1.87. The molecule has 2 heterocycles. The van der Waals surface area contributed by atoms with Crippen molar-refractivity contribution in [2.75, 3.05) is 5.32 Å². The summed E-state index contributed by atoms with van der Waals surface area (Å²) in [6.45, 7) is 3.81. The van der Waals surface area contributed by atoms with Gasteiger partial charge in [-0.1, -0.05) is 30.3 Å². The largest absolute Gasteiger partial charge is 0.478 e. The van der Waals surface area contributed by atoms with Gasteiger partial charge in [-0.2, -0.15) is 5.10 Å². The molecule has 0 spiro atoms. The minimum atomic E-state index is -0.959. The SMILES string of the molecule is Cc1nn(-c2ccccc2)c2c1C(c1ccc(C(=O)O)cc1)SC(C)C(=O)N2. The Morgan fingerprint density at radius 1 is 1.14 bits per heavy atom. The van der Waals surface area contributed by atoms with Gasteiger partial charge in [-0.05, 0) is 43.7 Å². The number of aromatic nitrogens is 2. The summed E-state index contributed by atoms with van der Waals surface area (Å²) in [6.07, 6.45) is 0. The number of benzene rings is 2. The molecule has 0 fully saturated rings. The maximum absolute atomic E-state index is 12.6. The fourth-order valence-electron chi connectivity index (χ4n) is 3.33. The summed E-state index contributed by atoms with van der Waals surface area (Å²) in [4.78, 5) is 23.8. The van der Waals surface area contributed by atoms with E-state index in [0.29, 0.717) is 5.82 Å². The first-order valence-electron chi connectivity index (χ1n) is 8.90. The molecule has 4 rings (SSSR count). The van der Waals surface area contributed by atoms with Gasteiger partial charge in [0.25, 0.3) is 0 Å². The lowest BCUT2D eigenvalue weighted by Gasteiger charge is -2.17. The van der Waals surface area contributed by atoms with Crippen LogP contribution in [0.3, 0.4) is 0 Å². The van der Waals surface area contributed by atoms with E-state index in [1.54, 1.807) is 16.8 Å². The van der Waals surface area contributed by atoms with Crippen LogP contribution in [0.4, 0.5) is 5.82 Å². The van der Waals surface area contributed by atoms with Crippen LogP contribution in [0.1, 0.15) is 39.4 Å². The van der Waals surface area contributed by atoms with Crippen molar-refractivity contribution in [2.45, 2.75) is 24.3 Å². The molecule has 3 aromatic rings. The normalized spacial score (nSPS) is 18.9. The van der Waals surface area contributed by atoms with E-state index in [4.69, 9.17) is 5.11 Å². The maximum atomic E-state index is 12.6. The fraction of sp³-hybridized carbons (Fsp3) is 0.190. The Hall–Kier alpha value is -3.06. The summed E-state index contributed by atoms with van der Waals surface area (Å²) in [7, 11) is 0. The molecule has 6 nitrogen and oxygen atoms in total. The van der Waals surface area contributed by atoms with Crippen LogP contribution in [-0.2, 0) is 4.79 Å². The number of nitrogens with one attached hydrogen (secondary N) is 1. The zero-order valence-corrected chi connectivity index (χ0v) is 16.2. The van der Waals surface area contributed by atoms with E-state index in [-0.39, 0.29) is 22.0 Å². The Morgan fingerprint density at radius 2 is 1.82 bits per heavy atom. The van der Waals surface area contributed by atoms with Gasteiger partial charge < -0.3 is 10.4 Å². The smallest absolute Gasteiger partial charge is 0.335 e. The number of amides is 1. The van der Waals surface area contributed by atoms with Crippen LogP contribution in [0.2, 0.25) is 0 Å². The van der Waals surface area contributed by atoms with Crippen molar-refractivity contribution in [1.29, 1.82) is 0 Å². The van der Waals surface area contributed by atoms with Crippen molar-refractivity contribution < 1.29 is 14.7 Å². The number of rotatable bonds is 3. The van der Waals surface area contributed by atoms with Gasteiger partial charge in [-0.25, -0.2) is 9.48 Å². The molecule has 0 aliphatic carbocycles. The lowest BCUT2D eigenvalue weighted by atomic mass is 10.0. The fourth-order valence-corrected chi connectivity index (χ4v) is 4.65. The number of carboxylic acids is 1. The van der Waals surface area contributed by atoms with Gasteiger partial charge in [0.05, 0.1) is 27.4 Å². The highest BCUT2D eigenvalue weighted by atomic mass is 32.2. The number of carbonyl (C=O) groups excluding carboxylic acids is 1. The quantitative estimate of drug-likeness (QED) is 0.702. The number of aromatic carboxylic acids is 1. The van der Waals surface area contributed by atoms with Crippen LogP contribution < -0.4 is 5.32 Å². The molecule has 1 aliphatic heterocycles. The van der Waals surface area contributed by atoms with E-state index in [1.165, 1.54) is 11.8 Å². The summed E-state index contributed by atoms with van der Waals surface area (Å²) in [5.74, 6) is -0.370. The van der Waals surface area contributed by atoms with Crippen LogP contribution in [0.25, 0.3) is 5.69 Å². The molecule has 0 saturated heterocycles. The van der Waals surface area contributed by atoms with E-state index in [2.05, 4.69) is 10.4 Å². The highest BCUT2D eigenvalue weighted by Gasteiger charge is 2.34. The van der Waals surface area contributed by atoms with Gasteiger partial charge >= 0.3 is 5.97 Å². The number of hydrogen-bond acceptors (Lipinski definition) is 4. The van der Waals surface area contributed by atoms with E-state index < -0.39 is 5.97 Å². The average molecular weight is 393 g/mol. The average Bonchev–Trinajstić information content (AvgIpc) is 2.95. The molecule has 1 aromatic heterocycles. The molecule has 0 radical (unpaired) electrons. The first-order valence-corrected chi connectivity index (χ1v) is 9.84. The summed E-state index contributed by atoms with van der Waals surface area (Å²) >= 11 is 1.54. The standard InChI is InChI=1S/C21H19N3O3S/c1-12-17-18(14-8-10-15(11-9-14)21(26)27)28-13(2)20(25)22-19(17)24(23-12)16-6-4-3-5-7-16/h3-11,13,18H,1-2H3,(H,22,25)(H,26,27). The number of aryl methyl sites for hydroxylation is 1. The number of para-hydroxylation sites is 1. The lowest BCUT2D eigenvalue weighted by Crippen LogP contribution is -2.22. The van der Waals surface area contributed by atoms with Crippen LogP contribution in [-0.4, -0.2) is 32.0 Å². The predicted molar refractivity (Wildman–Crippen MR) is 109 cm³/mol. The summed E-state index contributed by atoms with van der Waals surface area (Å²) < 4.78 is 1.76. The number of fused-ring (bicyclic) bond motifs is 1. The van der Waals surface area contributed by atoms with Crippen molar-refractivity contribution in [2.24, 2.45) is 0 Å². The molecule has 142 valence electrons. The van der Waals surface area contributed by atoms with E-state index >= 15 is 0 Å². The molecule has 1 amide bonds.